The van der Waals surface area contributed by atoms with Crippen molar-refractivity contribution in [2.45, 2.75) is 58.4 Å². The molecule has 0 aromatic rings. The zero-order valence-corrected chi connectivity index (χ0v) is 12.0. The summed E-state index contributed by atoms with van der Waals surface area (Å²) in [5, 5.41) is 0. The maximum Gasteiger partial charge on any atom is 0.410 e. The Balaban J connectivity index is 2.37. The van der Waals surface area contributed by atoms with Crippen LogP contribution in [0, 0.1) is 0 Å². The molecule has 1 heterocycles. The zero-order valence-electron chi connectivity index (χ0n) is 12.0. The second-order valence-electron chi connectivity index (χ2n) is 4.84. The SMILES string of the molecule is CCCCCOC(=O)C1CCCN1C(=O)OCCC. The number of ether oxygens (including phenoxy) is 2. The summed E-state index contributed by atoms with van der Waals surface area (Å²) < 4.78 is 10.3. The van der Waals surface area contributed by atoms with Gasteiger partial charge in [-0.25, -0.2) is 9.59 Å². The Morgan fingerprint density at radius 1 is 1.11 bits per heavy atom. The van der Waals surface area contributed by atoms with Crippen molar-refractivity contribution in [2.75, 3.05) is 19.8 Å². The molecule has 1 unspecified atom stereocenters. The Kier molecular flexibility index (Phi) is 7.30. The lowest BCUT2D eigenvalue weighted by Gasteiger charge is -2.22. The van der Waals surface area contributed by atoms with Crippen LogP contribution < -0.4 is 0 Å². The Morgan fingerprint density at radius 3 is 2.58 bits per heavy atom. The highest BCUT2D eigenvalue weighted by Crippen LogP contribution is 2.19. The van der Waals surface area contributed by atoms with Gasteiger partial charge in [0.05, 0.1) is 13.2 Å². The van der Waals surface area contributed by atoms with Crippen molar-refractivity contribution in [2.24, 2.45) is 0 Å². The van der Waals surface area contributed by atoms with Gasteiger partial charge in [-0.2, -0.15) is 0 Å². The van der Waals surface area contributed by atoms with Crippen LogP contribution in [0.15, 0.2) is 0 Å². The van der Waals surface area contributed by atoms with Crippen LogP contribution in [-0.4, -0.2) is 42.8 Å². The molecule has 0 bridgehead atoms. The van der Waals surface area contributed by atoms with Crippen molar-refractivity contribution < 1.29 is 19.1 Å². The summed E-state index contributed by atoms with van der Waals surface area (Å²) in [6.45, 7) is 5.47. The number of hydrogen-bond donors (Lipinski definition) is 0. The van der Waals surface area contributed by atoms with Crippen molar-refractivity contribution >= 4 is 12.1 Å². The smallest absolute Gasteiger partial charge is 0.410 e. The van der Waals surface area contributed by atoms with E-state index in [4.69, 9.17) is 9.47 Å². The van der Waals surface area contributed by atoms with Crippen LogP contribution in [0.4, 0.5) is 4.79 Å². The molecule has 1 aliphatic rings. The first-order valence-corrected chi connectivity index (χ1v) is 7.30. The Labute approximate surface area is 115 Å². The molecule has 110 valence electrons. The van der Waals surface area contributed by atoms with E-state index in [1.54, 1.807) is 0 Å². The fourth-order valence-corrected chi connectivity index (χ4v) is 2.12. The average molecular weight is 271 g/mol. The molecule has 5 nitrogen and oxygen atoms in total. The highest BCUT2D eigenvalue weighted by Gasteiger charge is 2.36. The van der Waals surface area contributed by atoms with Gasteiger partial charge in [0.15, 0.2) is 0 Å². The summed E-state index contributed by atoms with van der Waals surface area (Å²) in [5.41, 5.74) is 0. The van der Waals surface area contributed by atoms with Gasteiger partial charge in [0.1, 0.15) is 6.04 Å². The quantitative estimate of drug-likeness (QED) is 0.527. The number of hydrogen-bond acceptors (Lipinski definition) is 4. The molecule has 1 amide bonds. The molecule has 0 spiro atoms. The summed E-state index contributed by atoms with van der Waals surface area (Å²) >= 11 is 0. The maximum atomic E-state index is 11.9. The third-order valence-electron chi connectivity index (χ3n) is 3.18. The van der Waals surface area contributed by atoms with Gasteiger partial charge in [-0.05, 0) is 25.7 Å². The van der Waals surface area contributed by atoms with Gasteiger partial charge in [-0.3, -0.25) is 4.90 Å². The van der Waals surface area contributed by atoms with E-state index < -0.39 is 12.1 Å². The van der Waals surface area contributed by atoms with Crippen LogP contribution in [0.1, 0.15) is 52.4 Å². The van der Waals surface area contributed by atoms with Crippen molar-refractivity contribution in [1.29, 1.82) is 0 Å². The first-order chi connectivity index (χ1) is 9.20. The van der Waals surface area contributed by atoms with Crippen LogP contribution in [0.3, 0.4) is 0 Å². The van der Waals surface area contributed by atoms with E-state index in [0.717, 1.165) is 32.1 Å². The Bertz CT molecular complexity index is 293. The number of unbranched alkanes of at least 4 members (excludes halogenated alkanes) is 2. The number of amides is 1. The first-order valence-electron chi connectivity index (χ1n) is 7.30. The van der Waals surface area contributed by atoms with Crippen LogP contribution in [0.2, 0.25) is 0 Å². The number of carbonyl (C=O) groups excluding carboxylic acids is 2. The molecular weight excluding hydrogens is 246 g/mol. The summed E-state index contributed by atoms with van der Waals surface area (Å²) in [5.74, 6) is -0.290. The van der Waals surface area contributed by atoms with E-state index in [-0.39, 0.29) is 5.97 Å². The van der Waals surface area contributed by atoms with Gasteiger partial charge in [0, 0.05) is 6.54 Å². The Hall–Kier alpha value is -1.26. The summed E-state index contributed by atoms with van der Waals surface area (Å²) in [7, 11) is 0. The third kappa shape index (κ3) is 5.09. The van der Waals surface area contributed by atoms with E-state index in [9.17, 15) is 9.59 Å². The van der Waals surface area contributed by atoms with E-state index in [0.29, 0.717) is 26.2 Å². The molecule has 0 aliphatic carbocycles. The average Bonchev–Trinajstić information content (AvgIpc) is 2.90. The van der Waals surface area contributed by atoms with Crippen molar-refractivity contribution in [3.05, 3.63) is 0 Å². The normalized spacial score (nSPS) is 18.4. The molecule has 1 aliphatic heterocycles. The molecule has 0 N–H and O–H groups in total. The standard InChI is InChI=1S/C14H25NO4/c1-3-5-6-11-18-13(16)12-8-7-9-15(12)14(17)19-10-4-2/h12H,3-11H2,1-2H3. The van der Waals surface area contributed by atoms with Crippen molar-refractivity contribution in [1.82, 2.24) is 4.90 Å². The fraction of sp³-hybridized carbons (Fsp3) is 0.857. The summed E-state index contributed by atoms with van der Waals surface area (Å²) in [6, 6.07) is -0.453. The first kappa shape index (κ1) is 15.8. The van der Waals surface area contributed by atoms with Gasteiger partial charge in [0.25, 0.3) is 0 Å². The van der Waals surface area contributed by atoms with Crippen LogP contribution >= 0.6 is 0 Å². The molecule has 1 saturated heterocycles. The molecular formula is C14H25NO4. The monoisotopic (exact) mass is 271 g/mol. The predicted octanol–water partition coefficient (Wildman–Crippen LogP) is 2.73. The predicted molar refractivity (Wildman–Crippen MR) is 71.9 cm³/mol. The molecule has 0 aromatic carbocycles. The van der Waals surface area contributed by atoms with Crippen molar-refractivity contribution in [3.63, 3.8) is 0 Å². The summed E-state index contributed by atoms with van der Waals surface area (Å²) in [4.78, 5) is 25.2. The van der Waals surface area contributed by atoms with Crippen molar-refractivity contribution in [3.8, 4) is 0 Å². The van der Waals surface area contributed by atoms with Crippen LogP contribution in [0.25, 0.3) is 0 Å². The molecule has 1 atom stereocenters. The second kappa shape index (κ2) is 8.77. The minimum absolute atomic E-state index is 0.290. The van der Waals surface area contributed by atoms with E-state index >= 15 is 0 Å². The zero-order chi connectivity index (χ0) is 14.1. The third-order valence-corrected chi connectivity index (χ3v) is 3.18. The highest BCUT2D eigenvalue weighted by molar-refractivity contribution is 5.82. The summed E-state index contributed by atoms with van der Waals surface area (Å²) in [6.07, 6.45) is 4.93. The highest BCUT2D eigenvalue weighted by atomic mass is 16.6. The molecule has 0 saturated carbocycles. The largest absolute Gasteiger partial charge is 0.464 e. The number of likely N-dealkylation sites (tertiary alicyclic amines) is 1. The topological polar surface area (TPSA) is 55.8 Å². The van der Waals surface area contributed by atoms with E-state index in [2.05, 4.69) is 6.92 Å². The molecule has 0 aromatic heterocycles. The molecule has 1 fully saturated rings. The fourth-order valence-electron chi connectivity index (χ4n) is 2.12. The molecule has 19 heavy (non-hydrogen) atoms. The maximum absolute atomic E-state index is 11.9. The van der Waals surface area contributed by atoms with Gasteiger partial charge in [0.2, 0.25) is 0 Å². The van der Waals surface area contributed by atoms with E-state index in [1.807, 2.05) is 6.92 Å². The number of rotatable bonds is 7. The second-order valence-corrected chi connectivity index (χ2v) is 4.84. The minimum Gasteiger partial charge on any atom is -0.464 e. The van der Waals surface area contributed by atoms with Gasteiger partial charge in [-0.1, -0.05) is 26.7 Å². The van der Waals surface area contributed by atoms with Crippen LogP contribution in [0.5, 0.6) is 0 Å². The van der Waals surface area contributed by atoms with Crippen LogP contribution in [-0.2, 0) is 14.3 Å². The lowest BCUT2D eigenvalue weighted by atomic mass is 10.2. The number of nitrogens with zero attached hydrogens (tertiary/aromatic N) is 1. The molecule has 1 rings (SSSR count). The Morgan fingerprint density at radius 2 is 1.89 bits per heavy atom. The lowest BCUT2D eigenvalue weighted by Crippen LogP contribution is -2.41. The minimum atomic E-state index is -0.453. The molecule has 5 heteroatoms. The van der Waals surface area contributed by atoms with E-state index in [1.165, 1.54) is 4.90 Å². The molecule has 0 radical (unpaired) electrons. The van der Waals surface area contributed by atoms with Gasteiger partial charge < -0.3 is 9.47 Å². The van der Waals surface area contributed by atoms with Gasteiger partial charge >= 0.3 is 12.1 Å². The number of carbonyl (C=O) groups is 2. The number of esters is 1. The lowest BCUT2D eigenvalue weighted by molar-refractivity contribution is -0.148. The van der Waals surface area contributed by atoms with Gasteiger partial charge in [-0.15, -0.1) is 0 Å².